The molecule has 0 N–H and O–H groups in total. The van der Waals surface area contributed by atoms with E-state index in [4.69, 9.17) is 9.47 Å². The molecule has 0 saturated heterocycles. The van der Waals surface area contributed by atoms with Crippen molar-refractivity contribution < 1.29 is 19.1 Å². The molecule has 0 amide bonds. The van der Waals surface area contributed by atoms with E-state index in [9.17, 15) is 9.59 Å². The summed E-state index contributed by atoms with van der Waals surface area (Å²) in [5.41, 5.74) is 0. The van der Waals surface area contributed by atoms with Gasteiger partial charge < -0.3 is 9.47 Å². The van der Waals surface area contributed by atoms with Crippen molar-refractivity contribution in [3.05, 3.63) is 0 Å². The number of esters is 2. The second kappa shape index (κ2) is 11.1. The van der Waals surface area contributed by atoms with Crippen LogP contribution in [0.25, 0.3) is 0 Å². The molecule has 0 aromatic heterocycles. The van der Waals surface area contributed by atoms with Gasteiger partial charge in [-0.15, -0.1) is 0 Å². The van der Waals surface area contributed by atoms with Crippen molar-refractivity contribution >= 4 is 11.9 Å². The minimum Gasteiger partial charge on any atom is -0.466 e. The molecule has 18 heavy (non-hydrogen) atoms. The quantitative estimate of drug-likeness (QED) is 0.446. The lowest BCUT2D eigenvalue weighted by molar-refractivity contribution is -0.145. The van der Waals surface area contributed by atoms with Gasteiger partial charge in [0.25, 0.3) is 0 Å². The average molecular weight is 258 g/mol. The molecular formula is C14H26O4. The predicted molar refractivity (Wildman–Crippen MR) is 70.1 cm³/mol. The summed E-state index contributed by atoms with van der Waals surface area (Å²) in [5.74, 6) is 0.311. The molecule has 0 rings (SSSR count). The Morgan fingerprint density at radius 3 is 2.11 bits per heavy atom. The highest BCUT2D eigenvalue weighted by Gasteiger charge is 2.03. The SMILES string of the molecule is CC(=O)OCCCCOC(=O)CCCCC(C)C. The second-order valence-electron chi connectivity index (χ2n) is 4.91. The van der Waals surface area contributed by atoms with Crippen molar-refractivity contribution in [1.82, 2.24) is 0 Å². The van der Waals surface area contributed by atoms with Gasteiger partial charge >= 0.3 is 11.9 Å². The summed E-state index contributed by atoms with van der Waals surface area (Å²) >= 11 is 0. The predicted octanol–water partition coefficient (Wildman–Crippen LogP) is 3.09. The van der Waals surface area contributed by atoms with Gasteiger partial charge in [-0.2, -0.15) is 0 Å². The van der Waals surface area contributed by atoms with Gasteiger partial charge in [-0.25, -0.2) is 0 Å². The summed E-state index contributed by atoms with van der Waals surface area (Å²) in [6, 6.07) is 0. The first-order valence-corrected chi connectivity index (χ1v) is 6.81. The van der Waals surface area contributed by atoms with Crippen LogP contribution in [0.4, 0.5) is 0 Å². The summed E-state index contributed by atoms with van der Waals surface area (Å²) in [6.45, 7) is 6.58. The third-order valence-electron chi connectivity index (χ3n) is 2.52. The van der Waals surface area contributed by atoms with Crippen LogP contribution < -0.4 is 0 Å². The smallest absolute Gasteiger partial charge is 0.305 e. The normalized spacial score (nSPS) is 10.4. The molecule has 0 atom stereocenters. The highest BCUT2D eigenvalue weighted by molar-refractivity contribution is 5.69. The summed E-state index contributed by atoms with van der Waals surface area (Å²) in [4.78, 5) is 21.8. The lowest BCUT2D eigenvalue weighted by atomic mass is 10.1. The Hall–Kier alpha value is -1.06. The highest BCUT2D eigenvalue weighted by atomic mass is 16.5. The van der Waals surface area contributed by atoms with Crippen LogP contribution in [0.5, 0.6) is 0 Å². The monoisotopic (exact) mass is 258 g/mol. The van der Waals surface area contributed by atoms with Gasteiger partial charge in [-0.1, -0.05) is 26.7 Å². The fourth-order valence-electron chi connectivity index (χ4n) is 1.50. The number of carbonyl (C=O) groups excluding carboxylic acids is 2. The van der Waals surface area contributed by atoms with E-state index in [1.807, 2.05) is 0 Å². The molecule has 0 aliphatic carbocycles. The molecule has 0 aromatic carbocycles. The first-order valence-electron chi connectivity index (χ1n) is 6.81. The molecule has 0 saturated carbocycles. The Balaban J connectivity index is 3.24. The number of unbranched alkanes of at least 4 members (excludes halogenated alkanes) is 2. The van der Waals surface area contributed by atoms with Gasteiger partial charge in [-0.3, -0.25) is 9.59 Å². The molecule has 0 aliphatic heterocycles. The van der Waals surface area contributed by atoms with Gasteiger partial charge in [0, 0.05) is 13.3 Å². The van der Waals surface area contributed by atoms with Gasteiger partial charge in [-0.05, 0) is 25.2 Å². The van der Waals surface area contributed by atoms with Crippen LogP contribution in [0.2, 0.25) is 0 Å². The molecule has 0 unspecified atom stereocenters. The van der Waals surface area contributed by atoms with Crippen LogP contribution in [0.15, 0.2) is 0 Å². The topological polar surface area (TPSA) is 52.6 Å². The van der Waals surface area contributed by atoms with E-state index in [0.717, 1.165) is 32.1 Å². The number of hydrogen-bond donors (Lipinski definition) is 0. The molecule has 0 fully saturated rings. The molecule has 0 radical (unpaired) electrons. The van der Waals surface area contributed by atoms with E-state index in [2.05, 4.69) is 13.8 Å². The van der Waals surface area contributed by atoms with Crippen molar-refractivity contribution in [3.63, 3.8) is 0 Å². The van der Waals surface area contributed by atoms with Crippen LogP contribution in [0.1, 0.15) is 59.3 Å². The van der Waals surface area contributed by atoms with Crippen LogP contribution >= 0.6 is 0 Å². The fraction of sp³-hybridized carbons (Fsp3) is 0.857. The number of carbonyl (C=O) groups is 2. The summed E-state index contributed by atoms with van der Waals surface area (Å²) in [7, 11) is 0. The van der Waals surface area contributed by atoms with Crippen LogP contribution in [-0.2, 0) is 19.1 Å². The number of ether oxygens (including phenoxy) is 2. The summed E-state index contributed by atoms with van der Waals surface area (Å²) < 4.78 is 9.85. The van der Waals surface area contributed by atoms with E-state index >= 15 is 0 Å². The molecule has 0 aromatic rings. The first-order chi connectivity index (χ1) is 8.52. The molecule has 0 heterocycles. The van der Waals surface area contributed by atoms with Gasteiger partial charge in [0.2, 0.25) is 0 Å². The molecular weight excluding hydrogens is 232 g/mol. The van der Waals surface area contributed by atoms with Crippen molar-refractivity contribution in [2.45, 2.75) is 59.3 Å². The number of hydrogen-bond acceptors (Lipinski definition) is 4. The average Bonchev–Trinajstić information content (AvgIpc) is 2.28. The van der Waals surface area contributed by atoms with E-state index in [1.54, 1.807) is 0 Å². The molecule has 0 spiro atoms. The van der Waals surface area contributed by atoms with Crippen molar-refractivity contribution in [3.8, 4) is 0 Å². The van der Waals surface area contributed by atoms with Gasteiger partial charge in [0.05, 0.1) is 13.2 Å². The standard InChI is InChI=1S/C14H26O4/c1-12(2)8-4-5-9-14(16)18-11-7-6-10-17-13(3)15/h12H,4-11H2,1-3H3. The third kappa shape index (κ3) is 13.0. The largest absolute Gasteiger partial charge is 0.466 e. The Bertz CT molecular complexity index is 236. The lowest BCUT2D eigenvalue weighted by Gasteiger charge is -2.06. The number of rotatable bonds is 10. The van der Waals surface area contributed by atoms with Crippen molar-refractivity contribution in [2.24, 2.45) is 5.92 Å². The van der Waals surface area contributed by atoms with Crippen LogP contribution in [0.3, 0.4) is 0 Å². The van der Waals surface area contributed by atoms with E-state index in [1.165, 1.54) is 6.92 Å². The lowest BCUT2D eigenvalue weighted by Crippen LogP contribution is -2.07. The maximum absolute atomic E-state index is 11.3. The molecule has 4 nitrogen and oxygen atoms in total. The molecule has 4 heteroatoms. The molecule has 106 valence electrons. The zero-order valence-electron chi connectivity index (χ0n) is 11.9. The van der Waals surface area contributed by atoms with E-state index in [0.29, 0.717) is 25.6 Å². The maximum Gasteiger partial charge on any atom is 0.305 e. The van der Waals surface area contributed by atoms with Gasteiger partial charge in [0.15, 0.2) is 0 Å². The van der Waals surface area contributed by atoms with E-state index in [-0.39, 0.29) is 11.9 Å². The third-order valence-corrected chi connectivity index (χ3v) is 2.52. The minimum atomic E-state index is -0.267. The zero-order valence-corrected chi connectivity index (χ0v) is 11.9. The Morgan fingerprint density at radius 1 is 0.944 bits per heavy atom. The van der Waals surface area contributed by atoms with Crippen LogP contribution in [-0.4, -0.2) is 25.2 Å². The Labute approximate surface area is 110 Å². The van der Waals surface area contributed by atoms with Crippen molar-refractivity contribution in [2.75, 3.05) is 13.2 Å². The molecule has 0 bridgehead atoms. The molecule has 0 aliphatic rings. The van der Waals surface area contributed by atoms with E-state index < -0.39 is 0 Å². The zero-order chi connectivity index (χ0) is 13.8. The Morgan fingerprint density at radius 2 is 1.56 bits per heavy atom. The second-order valence-corrected chi connectivity index (χ2v) is 4.91. The maximum atomic E-state index is 11.3. The van der Waals surface area contributed by atoms with Gasteiger partial charge in [0.1, 0.15) is 0 Å². The summed E-state index contributed by atoms with van der Waals surface area (Å²) in [5, 5.41) is 0. The minimum absolute atomic E-state index is 0.119. The Kier molecular flexibility index (Phi) is 10.4. The highest BCUT2D eigenvalue weighted by Crippen LogP contribution is 2.08. The summed E-state index contributed by atoms with van der Waals surface area (Å²) in [6.07, 6.45) is 5.14. The van der Waals surface area contributed by atoms with Crippen LogP contribution in [0, 0.1) is 5.92 Å². The fourth-order valence-corrected chi connectivity index (χ4v) is 1.50. The van der Waals surface area contributed by atoms with Crippen molar-refractivity contribution in [1.29, 1.82) is 0 Å². The first kappa shape index (κ1) is 16.9.